The topological polar surface area (TPSA) is 35.5 Å². The molecule has 1 saturated heterocycles. The van der Waals surface area contributed by atoms with E-state index in [1.54, 1.807) is 0 Å². The Labute approximate surface area is 129 Å². The normalized spacial score (nSPS) is 18.2. The Morgan fingerprint density at radius 1 is 1.19 bits per heavy atom. The van der Waals surface area contributed by atoms with Gasteiger partial charge in [-0.3, -0.25) is 0 Å². The van der Waals surface area contributed by atoms with Crippen LogP contribution in [0.5, 0.6) is 0 Å². The molecule has 0 aromatic heterocycles. The van der Waals surface area contributed by atoms with Gasteiger partial charge in [0, 0.05) is 25.3 Å². The number of rotatable bonds is 6. The van der Waals surface area contributed by atoms with Crippen LogP contribution < -0.4 is 10.2 Å². The maximum Gasteiger partial charge on any atom is 0.0541 e. The van der Waals surface area contributed by atoms with Gasteiger partial charge in [0.05, 0.1) is 6.10 Å². The van der Waals surface area contributed by atoms with Gasteiger partial charge in [-0.05, 0) is 49.8 Å². The summed E-state index contributed by atoms with van der Waals surface area (Å²) in [6, 6.07) is 8.71. The van der Waals surface area contributed by atoms with Crippen molar-refractivity contribution in [2.45, 2.75) is 46.3 Å². The zero-order valence-corrected chi connectivity index (χ0v) is 13.7. The lowest BCUT2D eigenvalue weighted by molar-refractivity contribution is 0.110. The van der Waals surface area contributed by atoms with Crippen molar-refractivity contribution in [2.24, 2.45) is 11.8 Å². The molecule has 1 heterocycles. The molecule has 1 atom stereocenters. The zero-order chi connectivity index (χ0) is 15.2. The lowest BCUT2D eigenvalue weighted by Crippen LogP contribution is -2.37. The molecule has 1 unspecified atom stereocenters. The molecule has 0 radical (unpaired) electrons. The van der Waals surface area contributed by atoms with Gasteiger partial charge in [-0.2, -0.15) is 0 Å². The highest BCUT2D eigenvalue weighted by atomic mass is 16.3. The molecule has 2 rings (SSSR count). The number of nitrogens with zero attached hydrogens (tertiary/aromatic N) is 1. The number of para-hydroxylation sites is 1. The summed E-state index contributed by atoms with van der Waals surface area (Å²) in [4.78, 5) is 2.48. The van der Waals surface area contributed by atoms with E-state index >= 15 is 0 Å². The fourth-order valence-corrected chi connectivity index (χ4v) is 3.09. The Hall–Kier alpha value is -1.06. The molecule has 118 valence electrons. The smallest absolute Gasteiger partial charge is 0.0541 e. The zero-order valence-electron chi connectivity index (χ0n) is 13.7. The largest absolute Gasteiger partial charge is 0.393 e. The van der Waals surface area contributed by atoms with E-state index in [9.17, 15) is 5.11 Å². The number of piperidine rings is 1. The lowest BCUT2D eigenvalue weighted by atomic mass is 9.91. The minimum atomic E-state index is -0.171. The fraction of sp³-hybridized carbons (Fsp3) is 0.667. The van der Waals surface area contributed by atoms with Crippen molar-refractivity contribution in [2.75, 3.05) is 24.5 Å². The summed E-state index contributed by atoms with van der Waals surface area (Å²) in [5.41, 5.74) is 2.74. The Bertz CT molecular complexity index is 423. The number of aliphatic hydroxyl groups excluding tert-OH is 1. The molecule has 1 fully saturated rings. The second-order valence-electron chi connectivity index (χ2n) is 6.72. The Kier molecular flexibility index (Phi) is 6.07. The molecule has 0 bridgehead atoms. The molecule has 1 aliphatic heterocycles. The van der Waals surface area contributed by atoms with Gasteiger partial charge in [-0.15, -0.1) is 0 Å². The van der Waals surface area contributed by atoms with Crippen LogP contribution in [0.3, 0.4) is 0 Å². The molecule has 1 aliphatic rings. The first-order valence-corrected chi connectivity index (χ1v) is 8.29. The van der Waals surface area contributed by atoms with Gasteiger partial charge >= 0.3 is 0 Å². The molecule has 1 aromatic rings. The first-order valence-electron chi connectivity index (χ1n) is 8.29. The highest BCUT2D eigenvalue weighted by molar-refractivity contribution is 5.53. The molecule has 21 heavy (non-hydrogen) atoms. The molecule has 1 aromatic carbocycles. The summed E-state index contributed by atoms with van der Waals surface area (Å²) in [7, 11) is 0. The van der Waals surface area contributed by atoms with Crippen LogP contribution in [0.15, 0.2) is 24.3 Å². The van der Waals surface area contributed by atoms with Gasteiger partial charge in [0.1, 0.15) is 0 Å². The molecule has 2 N–H and O–H groups in total. The number of hydrogen-bond donors (Lipinski definition) is 2. The second-order valence-corrected chi connectivity index (χ2v) is 6.72. The van der Waals surface area contributed by atoms with Crippen LogP contribution in [0.25, 0.3) is 0 Å². The fourth-order valence-electron chi connectivity index (χ4n) is 3.09. The number of aliphatic hydroxyl groups is 1. The third-order valence-corrected chi connectivity index (χ3v) is 4.42. The summed E-state index contributed by atoms with van der Waals surface area (Å²) >= 11 is 0. The van der Waals surface area contributed by atoms with Crippen LogP contribution in [-0.4, -0.2) is 30.8 Å². The van der Waals surface area contributed by atoms with Crippen molar-refractivity contribution in [3.63, 3.8) is 0 Å². The highest BCUT2D eigenvalue weighted by Gasteiger charge is 2.23. The maximum absolute atomic E-state index is 9.73. The summed E-state index contributed by atoms with van der Waals surface area (Å²) in [5, 5.41) is 13.3. The Balaban J connectivity index is 1.97. The highest BCUT2D eigenvalue weighted by Crippen LogP contribution is 2.27. The Morgan fingerprint density at radius 2 is 1.86 bits per heavy atom. The Morgan fingerprint density at radius 3 is 2.48 bits per heavy atom. The van der Waals surface area contributed by atoms with E-state index < -0.39 is 0 Å². The van der Waals surface area contributed by atoms with Crippen LogP contribution in [0.1, 0.15) is 39.2 Å². The molecule has 3 nitrogen and oxygen atoms in total. The minimum Gasteiger partial charge on any atom is -0.393 e. The van der Waals surface area contributed by atoms with Gasteiger partial charge in [-0.1, -0.05) is 32.0 Å². The van der Waals surface area contributed by atoms with E-state index in [0.717, 1.165) is 39.0 Å². The lowest BCUT2D eigenvalue weighted by Gasteiger charge is -2.36. The molecule has 0 spiro atoms. The summed E-state index contributed by atoms with van der Waals surface area (Å²) < 4.78 is 0. The van der Waals surface area contributed by atoms with Crippen LogP contribution >= 0.6 is 0 Å². The van der Waals surface area contributed by atoms with Gasteiger partial charge < -0.3 is 15.3 Å². The minimum absolute atomic E-state index is 0.171. The van der Waals surface area contributed by atoms with Crippen LogP contribution in [0.2, 0.25) is 0 Å². The average Bonchev–Trinajstić information content (AvgIpc) is 2.47. The quantitative estimate of drug-likeness (QED) is 0.845. The van der Waals surface area contributed by atoms with Crippen LogP contribution in [-0.2, 0) is 6.54 Å². The van der Waals surface area contributed by atoms with Gasteiger partial charge in [0.15, 0.2) is 0 Å². The van der Waals surface area contributed by atoms with Crippen molar-refractivity contribution in [1.29, 1.82) is 0 Å². The van der Waals surface area contributed by atoms with E-state index in [0.29, 0.717) is 11.8 Å². The summed E-state index contributed by atoms with van der Waals surface area (Å²) in [6.45, 7) is 10.5. The molecule has 0 saturated carbocycles. The monoisotopic (exact) mass is 290 g/mol. The molecule has 0 amide bonds. The maximum atomic E-state index is 9.73. The average molecular weight is 290 g/mol. The van der Waals surface area contributed by atoms with E-state index in [2.05, 4.69) is 48.3 Å². The van der Waals surface area contributed by atoms with Crippen LogP contribution in [0, 0.1) is 11.8 Å². The van der Waals surface area contributed by atoms with Gasteiger partial charge in [0.2, 0.25) is 0 Å². The molecular weight excluding hydrogens is 260 g/mol. The predicted molar refractivity (Wildman–Crippen MR) is 89.6 cm³/mol. The molecular formula is C18H30N2O. The van der Waals surface area contributed by atoms with Crippen molar-refractivity contribution >= 4 is 5.69 Å². The van der Waals surface area contributed by atoms with Crippen molar-refractivity contribution < 1.29 is 5.11 Å². The van der Waals surface area contributed by atoms with E-state index in [4.69, 9.17) is 0 Å². The second kappa shape index (κ2) is 7.81. The number of hydrogen-bond acceptors (Lipinski definition) is 3. The van der Waals surface area contributed by atoms with Crippen molar-refractivity contribution in [3.8, 4) is 0 Å². The van der Waals surface area contributed by atoms with E-state index in [1.807, 2.05) is 6.92 Å². The first-order chi connectivity index (χ1) is 10.1. The number of benzene rings is 1. The van der Waals surface area contributed by atoms with Crippen molar-refractivity contribution in [3.05, 3.63) is 29.8 Å². The summed E-state index contributed by atoms with van der Waals surface area (Å²) in [5.74, 6) is 1.14. The third kappa shape index (κ3) is 4.72. The van der Waals surface area contributed by atoms with Crippen molar-refractivity contribution in [1.82, 2.24) is 5.32 Å². The number of nitrogens with one attached hydrogen (secondary N) is 1. The third-order valence-electron chi connectivity index (χ3n) is 4.42. The SMILES string of the molecule is CC(C)CNCc1ccccc1N1CCC(C(C)O)CC1. The number of anilines is 1. The first kappa shape index (κ1) is 16.3. The molecule has 0 aliphatic carbocycles. The standard InChI is InChI=1S/C18H30N2O/c1-14(2)12-19-13-17-6-4-5-7-18(17)20-10-8-16(9-11-20)15(3)21/h4-7,14-16,19,21H,8-13H2,1-3H3. The van der Waals surface area contributed by atoms with E-state index in [-0.39, 0.29) is 6.10 Å². The van der Waals surface area contributed by atoms with E-state index in [1.165, 1.54) is 11.3 Å². The van der Waals surface area contributed by atoms with Gasteiger partial charge in [-0.25, -0.2) is 0 Å². The van der Waals surface area contributed by atoms with Gasteiger partial charge in [0.25, 0.3) is 0 Å². The summed E-state index contributed by atoms with van der Waals surface area (Å²) in [6.07, 6.45) is 2.01. The molecule has 3 heteroatoms. The predicted octanol–water partition coefficient (Wildman–Crippen LogP) is 3.03. The van der Waals surface area contributed by atoms with Crippen LogP contribution in [0.4, 0.5) is 5.69 Å².